The lowest BCUT2D eigenvalue weighted by atomic mass is 10.0. The van der Waals surface area contributed by atoms with Crippen molar-refractivity contribution >= 4 is 29.0 Å². The van der Waals surface area contributed by atoms with Gasteiger partial charge in [-0.25, -0.2) is 0 Å². The van der Waals surface area contributed by atoms with Crippen LogP contribution in [-0.2, 0) is 7.05 Å². The predicted molar refractivity (Wildman–Crippen MR) is 80.7 cm³/mol. The zero-order valence-electron chi connectivity index (χ0n) is 10.6. The summed E-state index contributed by atoms with van der Waals surface area (Å²) in [6.07, 6.45) is 1.67. The number of aromatic amines is 1. The fourth-order valence-corrected chi connectivity index (χ4v) is 2.35. The lowest BCUT2D eigenvalue weighted by molar-refractivity contribution is 0.781. The molecule has 5 nitrogen and oxygen atoms in total. The van der Waals surface area contributed by atoms with Crippen molar-refractivity contribution in [3.63, 3.8) is 0 Å². The Morgan fingerprint density at radius 3 is 2.65 bits per heavy atom. The molecular formula is C13H11Cl2N5. The number of rotatable bonds is 2. The molecule has 0 amide bonds. The number of halogens is 2. The van der Waals surface area contributed by atoms with E-state index in [-0.39, 0.29) is 0 Å². The Kier molecular flexibility index (Phi) is 3.16. The van der Waals surface area contributed by atoms with Crippen molar-refractivity contribution < 1.29 is 0 Å². The Balaban J connectivity index is 2.25. The predicted octanol–water partition coefficient (Wildman–Crippen LogP) is 3.37. The van der Waals surface area contributed by atoms with E-state index in [0.29, 0.717) is 15.9 Å². The summed E-state index contributed by atoms with van der Waals surface area (Å²) in [6, 6.07) is 7.21. The van der Waals surface area contributed by atoms with Crippen molar-refractivity contribution in [3.8, 4) is 22.5 Å². The number of hydrogen-bond acceptors (Lipinski definition) is 3. The van der Waals surface area contributed by atoms with Gasteiger partial charge >= 0.3 is 0 Å². The first-order valence-electron chi connectivity index (χ1n) is 5.85. The molecule has 0 saturated carbocycles. The normalized spacial score (nSPS) is 10.9. The molecule has 0 atom stereocenters. The summed E-state index contributed by atoms with van der Waals surface area (Å²) in [7, 11) is 1.79. The Hall–Kier alpha value is -1.98. The minimum Gasteiger partial charge on any atom is -0.383 e. The molecule has 0 aliphatic heterocycles. The first kappa shape index (κ1) is 13.0. The summed E-state index contributed by atoms with van der Waals surface area (Å²) in [6.45, 7) is 0. The van der Waals surface area contributed by atoms with Gasteiger partial charge in [0.25, 0.3) is 0 Å². The second-order valence-corrected chi connectivity index (χ2v) is 5.15. The maximum Gasteiger partial charge on any atom is 0.129 e. The Bertz CT molecular complexity index is 761. The zero-order chi connectivity index (χ0) is 14.3. The number of aryl methyl sites for hydroxylation is 1. The average Bonchev–Trinajstić information content (AvgIpc) is 3.03. The molecule has 20 heavy (non-hydrogen) atoms. The van der Waals surface area contributed by atoms with Gasteiger partial charge in [-0.2, -0.15) is 10.2 Å². The molecule has 7 heteroatoms. The summed E-state index contributed by atoms with van der Waals surface area (Å²) in [5, 5.41) is 12.2. The van der Waals surface area contributed by atoms with Crippen molar-refractivity contribution in [2.45, 2.75) is 0 Å². The van der Waals surface area contributed by atoms with Crippen LogP contribution in [0.1, 0.15) is 0 Å². The third-order valence-corrected chi connectivity index (χ3v) is 3.79. The van der Waals surface area contributed by atoms with E-state index in [4.69, 9.17) is 28.9 Å². The molecule has 102 valence electrons. The Labute approximate surface area is 125 Å². The molecule has 0 radical (unpaired) electrons. The maximum absolute atomic E-state index is 6.12. The molecule has 3 N–H and O–H groups in total. The molecule has 2 heterocycles. The molecule has 0 aliphatic rings. The number of nitrogen functional groups attached to an aromatic ring is 1. The Morgan fingerprint density at radius 2 is 2.00 bits per heavy atom. The van der Waals surface area contributed by atoms with E-state index in [1.54, 1.807) is 30.1 Å². The summed E-state index contributed by atoms with van der Waals surface area (Å²) in [5.41, 5.74) is 9.29. The van der Waals surface area contributed by atoms with Crippen LogP contribution in [0.15, 0.2) is 30.5 Å². The second-order valence-electron chi connectivity index (χ2n) is 4.33. The van der Waals surface area contributed by atoms with Gasteiger partial charge in [-0.3, -0.25) is 9.78 Å². The largest absolute Gasteiger partial charge is 0.383 e. The van der Waals surface area contributed by atoms with Crippen molar-refractivity contribution in [1.29, 1.82) is 0 Å². The number of H-pyrrole nitrogens is 1. The number of nitrogens with zero attached hydrogens (tertiary/aromatic N) is 3. The lowest BCUT2D eigenvalue weighted by Gasteiger charge is -2.05. The van der Waals surface area contributed by atoms with Crippen molar-refractivity contribution in [1.82, 2.24) is 20.0 Å². The zero-order valence-corrected chi connectivity index (χ0v) is 12.1. The van der Waals surface area contributed by atoms with Crippen molar-refractivity contribution in [3.05, 3.63) is 40.5 Å². The quantitative estimate of drug-likeness (QED) is 0.762. The van der Waals surface area contributed by atoms with Gasteiger partial charge in [-0.1, -0.05) is 29.3 Å². The fraction of sp³-hybridized carbons (Fsp3) is 0.0769. The standard InChI is InChI=1S/C13H11Cl2N5/c1-20-13(16)11(7-2-3-8(14)9(15)6-7)12(19-20)10-4-5-17-18-10/h2-6H,16H2,1H3,(H,17,18). The van der Waals surface area contributed by atoms with Gasteiger partial charge < -0.3 is 5.73 Å². The highest BCUT2D eigenvalue weighted by atomic mass is 35.5. The molecule has 3 rings (SSSR count). The highest BCUT2D eigenvalue weighted by Gasteiger charge is 2.18. The molecule has 0 aliphatic carbocycles. The summed E-state index contributed by atoms with van der Waals surface area (Å²) in [5.74, 6) is 0.549. The molecular weight excluding hydrogens is 297 g/mol. The molecule has 0 bridgehead atoms. The first-order chi connectivity index (χ1) is 9.58. The van der Waals surface area contributed by atoms with Gasteiger partial charge in [0, 0.05) is 13.2 Å². The number of aromatic nitrogens is 4. The molecule has 0 unspecified atom stereocenters. The van der Waals surface area contributed by atoms with E-state index in [1.165, 1.54) is 0 Å². The molecule has 2 aromatic heterocycles. The van der Waals surface area contributed by atoms with E-state index in [9.17, 15) is 0 Å². The monoisotopic (exact) mass is 307 g/mol. The summed E-state index contributed by atoms with van der Waals surface area (Å²) >= 11 is 12.0. The topological polar surface area (TPSA) is 72.5 Å². The van der Waals surface area contributed by atoms with Gasteiger partial charge in [0.1, 0.15) is 11.5 Å². The molecule has 0 spiro atoms. The van der Waals surface area contributed by atoms with Gasteiger partial charge in [0.05, 0.1) is 21.3 Å². The number of anilines is 1. The third-order valence-electron chi connectivity index (χ3n) is 3.06. The number of benzene rings is 1. The third kappa shape index (κ3) is 2.05. The molecule has 0 saturated heterocycles. The van der Waals surface area contributed by atoms with Crippen LogP contribution in [0.25, 0.3) is 22.5 Å². The molecule has 1 aromatic carbocycles. The highest BCUT2D eigenvalue weighted by Crippen LogP contribution is 2.37. The van der Waals surface area contributed by atoms with E-state index in [1.807, 2.05) is 12.1 Å². The van der Waals surface area contributed by atoms with Crippen LogP contribution < -0.4 is 5.73 Å². The van der Waals surface area contributed by atoms with Crippen LogP contribution in [0, 0.1) is 0 Å². The number of nitrogens with two attached hydrogens (primary N) is 1. The van der Waals surface area contributed by atoms with Crippen LogP contribution in [0.4, 0.5) is 5.82 Å². The average molecular weight is 308 g/mol. The highest BCUT2D eigenvalue weighted by molar-refractivity contribution is 6.42. The minimum atomic E-state index is 0.475. The van der Waals surface area contributed by atoms with Crippen LogP contribution in [0.2, 0.25) is 10.0 Å². The van der Waals surface area contributed by atoms with Gasteiger partial charge in [-0.15, -0.1) is 0 Å². The minimum absolute atomic E-state index is 0.475. The van der Waals surface area contributed by atoms with Gasteiger partial charge in [0.2, 0.25) is 0 Å². The van der Waals surface area contributed by atoms with Crippen LogP contribution >= 0.6 is 23.2 Å². The summed E-state index contributed by atoms with van der Waals surface area (Å²) in [4.78, 5) is 0. The van der Waals surface area contributed by atoms with E-state index >= 15 is 0 Å². The molecule has 3 aromatic rings. The maximum atomic E-state index is 6.12. The number of hydrogen-bond donors (Lipinski definition) is 2. The van der Waals surface area contributed by atoms with Gasteiger partial charge in [0.15, 0.2) is 0 Å². The van der Waals surface area contributed by atoms with Crippen molar-refractivity contribution in [2.24, 2.45) is 7.05 Å². The smallest absolute Gasteiger partial charge is 0.129 e. The van der Waals surface area contributed by atoms with E-state index in [2.05, 4.69) is 15.3 Å². The van der Waals surface area contributed by atoms with Crippen molar-refractivity contribution in [2.75, 3.05) is 5.73 Å². The lowest BCUT2D eigenvalue weighted by Crippen LogP contribution is -1.98. The van der Waals surface area contributed by atoms with Gasteiger partial charge in [-0.05, 0) is 23.8 Å². The SMILES string of the molecule is Cn1nc(-c2ccn[nH]2)c(-c2ccc(Cl)c(Cl)c2)c1N. The fourth-order valence-electron chi connectivity index (χ4n) is 2.05. The van der Waals surface area contributed by atoms with Crippen LogP contribution in [0.5, 0.6) is 0 Å². The summed E-state index contributed by atoms with van der Waals surface area (Å²) < 4.78 is 1.62. The Morgan fingerprint density at radius 1 is 1.20 bits per heavy atom. The second kappa shape index (κ2) is 4.85. The van der Waals surface area contributed by atoms with E-state index in [0.717, 1.165) is 22.5 Å². The molecule has 0 fully saturated rings. The first-order valence-corrected chi connectivity index (χ1v) is 6.61. The number of nitrogens with one attached hydrogen (secondary N) is 1. The van der Waals surface area contributed by atoms with Crippen LogP contribution in [-0.4, -0.2) is 20.0 Å². The van der Waals surface area contributed by atoms with E-state index < -0.39 is 0 Å². The van der Waals surface area contributed by atoms with Crippen LogP contribution in [0.3, 0.4) is 0 Å².